The van der Waals surface area contributed by atoms with Gasteiger partial charge in [-0.15, -0.1) is 0 Å². The number of carbonyl (C=O) groups excluding carboxylic acids is 3. The number of esters is 1. The number of nitrogens with zero attached hydrogens (tertiary/aromatic N) is 4. The number of piperazine rings is 1. The molecule has 0 bridgehead atoms. The van der Waals surface area contributed by atoms with Crippen LogP contribution in [0.5, 0.6) is 0 Å². The second-order valence-corrected chi connectivity index (χ2v) is 12.1. The highest BCUT2D eigenvalue weighted by Crippen LogP contribution is 2.19. The van der Waals surface area contributed by atoms with Crippen molar-refractivity contribution < 1.29 is 27.5 Å². The van der Waals surface area contributed by atoms with Crippen LogP contribution in [0.15, 0.2) is 53.5 Å². The van der Waals surface area contributed by atoms with Gasteiger partial charge in [0.05, 0.1) is 16.8 Å². The maximum absolute atomic E-state index is 12.7. The van der Waals surface area contributed by atoms with Gasteiger partial charge in [-0.05, 0) is 43.7 Å². The Morgan fingerprint density at radius 1 is 1.00 bits per heavy atom. The number of benzene rings is 2. The molecule has 0 saturated carbocycles. The van der Waals surface area contributed by atoms with Crippen molar-refractivity contribution >= 4 is 54.9 Å². The van der Waals surface area contributed by atoms with E-state index >= 15 is 0 Å². The summed E-state index contributed by atoms with van der Waals surface area (Å²) in [5, 5.41) is 0. The summed E-state index contributed by atoms with van der Waals surface area (Å²) in [7, 11) is -4.04. The summed E-state index contributed by atoms with van der Waals surface area (Å²) in [5.41, 5.74) is 2.73. The number of aryl methyl sites for hydroxylation is 1. The van der Waals surface area contributed by atoms with Gasteiger partial charge in [0.25, 0.3) is 5.91 Å². The monoisotopic (exact) mass is 558 g/mol. The normalized spacial score (nSPS) is 14.6. The van der Waals surface area contributed by atoms with Gasteiger partial charge in [0.1, 0.15) is 18.1 Å². The fourth-order valence-electron chi connectivity index (χ4n) is 4.26. The number of hydrogen-bond acceptors (Lipinski definition) is 8. The molecular formula is C26H30N4O6S2. The van der Waals surface area contributed by atoms with Crippen LogP contribution in [-0.4, -0.2) is 80.0 Å². The highest BCUT2D eigenvalue weighted by molar-refractivity contribution is 7.92. The summed E-state index contributed by atoms with van der Waals surface area (Å²) in [6, 6.07) is 15.4. The summed E-state index contributed by atoms with van der Waals surface area (Å²) < 4.78 is 32.8. The zero-order chi connectivity index (χ0) is 27.3. The minimum absolute atomic E-state index is 0.163. The highest BCUT2D eigenvalue weighted by atomic mass is 32.2. The van der Waals surface area contributed by atoms with Gasteiger partial charge >= 0.3 is 5.97 Å². The van der Waals surface area contributed by atoms with Crippen molar-refractivity contribution in [1.29, 1.82) is 0 Å². The third-order valence-corrected chi connectivity index (χ3v) is 8.51. The van der Waals surface area contributed by atoms with E-state index in [9.17, 15) is 22.8 Å². The van der Waals surface area contributed by atoms with E-state index < -0.39 is 39.1 Å². The number of amides is 2. The Labute approximate surface area is 225 Å². The number of fused-ring (bicyclic) bond motifs is 1. The van der Waals surface area contributed by atoms with Crippen molar-refractivity contribution in [2.24, 2.45) is 4.99 Å². The van der Waals surface area contributed by atoms with Crippen molar-refractivity contribution in [3.8, 4) is 0 Å². The van der Waals surface area contributed by atoms with Crippen LogP contribution >= 0.6 is 11.3 Å². The SMILES string of the molecule is CCOC(=O)Cn1c(=NC(=O)CS(=O)(=O)CC(=O)N2CCN(c3ccccc3)CC2)sc2cc(C)ccc21. The fraction of sp³-hybridized carbons (Fsp3) is 0.385. The molecule has 3 aromatic rings. The Morgan fingerprint density at radius 2 is 1.71 bits per heavy atom. The molecule has 1 saturated heterocycles. The van der Waals surface area contributed by atoms with Crippen molar-refractivity contribution in [2.45, 2.75) is 20.4 Å². The Bertz CT molecular complexity index is 1500. The highest BCUT2D eigenvalue weighted by Gasteiger charge is 2.27. The van der Waals surface area contributed by atoms with Gasteiger partial charge in [-0.2, -0.15) is 4.99 Å². The second kappa shape index (κ2) is 11.9. The van der Waals surface area contributed by atoms with Crippen LogP contribution in [0.2, 0.25) is 0 Å². The predicted octanol–water partition coefficient (Wildman–Crippen LogP) is 1.77. The number of rotatable bonds is 8. The molecule has 2 aromatic carbocycles. The van der Waals surface area contributed by atoms with E-state index in [1.165, 1.54) is 16.2 Å². The molecular weight excluding hydrogens is 528 g/mol. The molecule has 0 spiro atoms. The first-order valence-electron chi connectivity index (χ1n) is 12.3. The second-order valence-electron chi connectivity index (χ2n) is 8.99. The van der Waals surface area contributed by atoms with Gasteiger partial charge in [-0.1, -0.05) is 35.6 Å². The van der Waals surface area contributed by atoms with E-state index in [1.54, 1.807) is 11.5 Å². The maximum Gasteiger partial charge on any atom is 0.326 e. The molecule has 10 nitrogen and oxygen atoms in total. The minimum Gasteiger partial charge on any atom is -0.465 e. The molecule has 1 aromatic heterocycles. The summed E-state index contributed by atoms with van der Waals surface area (Å²) in [4.78, 5) is 45.4. The lowest BCUT2D eigenvalue weighted by Gasteiger charge is -2.36. The Hall–Kier alpha value is -3.51. The quantitative estimate of drug-likeness (QED) is 0.387. The van der Waals surface area contributed by atoms with Crippen LogP contribution in [0.25, 0.3) is 10.2 Å². The fourth-order valence-corrected chi connectivity index (χ4v) is 6.51. The van der Waals surface area contributed by atoms with Crippen LogP contribution in [-0.2, 0) is 35.5 Å². The number of para-hydroxylation sites is 1. The van der Waals surface area contributed by atoms with E-state index in [-0.39, 0.29) is 18.0 Å². The molecule has 12 heteroatoms. The molecule has 0 N–H and O–H groups in total. The van der Waals surface area contributed by atoms with Crippen LogP contribution in [0.3, 0.4) is 0 Å². The Morgan fingerprint density at radius 3 is 2.39 bits per heavy atom. The summed E-state index contributed by atoms with van der Waals surface area (Å²) in [6.07, 6.45) is 0. The lowest BCUT2D eigenvalue weighted by molar-refractivity contribution is -0.143. The molecule has 1 fully saturated rings. The first-order valence-corrected chi connectivity index (χ1v) is 14.9. The summed E-state index contributed by atoms with van der Waals surface area (Å²) in [5.74, 6) is -3.57. The Kier molecular flexibility index (Phi) is 8.62. The lowest BCUT2D eigenvalue weighted by Crippen LogP contribution is -2.50. The molecule has 1 aliphatic heterocycles. The summed E-state index contributed by atoms with van der Waals surface area (Å²) in [6.45, 7) is 5.64. The molecule has 38 heavy (non-hydrogen) atoms. The van der Waals surface area contributed by atoms with E-state index in [0.29, 0.717) is 31.7 Å². The van der Waals surface area contributed by atoms with Crippen molar-refractivity contribution in [1.82, 2.24) is 9.47 Å². The predicted molar refractivity (Wildman–Crippen MR) is 146 cm³/mol. The van der Waals surface area contributed by atoms with Crippen LogP contribution in [0, 0.1) is 6.92 Å². The largest absolute Gasteiger partial charge is 0.465 e. The maximum atomic E-state index is 12.7. The van der Waals surface area contributed by atoms with Gasteiger partial charge in [-0.3, -0.25) is 14.4 Å². The van der Waals surface area contributed by atoms with E-state index in [4.69, 9.17) is 4.74 Å². The number of aromatic nitrogens is 1. The lowest BCUT2D eigenvalue weighted by atomic mass is 10.2. The van der Waals surface area contributed by atoms with E-state index in [0.717, 1.165) is 16.0 Å². The molecule has 4 rings (SSSR count). The zero-order valence-electron chi connectivity index (χ0n) is 21.3. The van der Waals surface area contributed by atoms with Crippen LogP contribution in [0.4, 0.5) is 5.69 Å². The van der Waals surface area contributed by atoms with Crippen LogP contribution < -0.4 is 9.70 Å². The first kappa shape index (κ1) is 27.5. The topological polar surface area (TPSA) is 118 Å². The number of thiazole rings is 1. The molecule has 0 unspecified atom stereocenters. The van der Waals surface area contributed by atoms with E-state index in [2.05, 4.69) is 9.89 Å². The first-order chi connectivity index (χ1) is 18.1. The number of anilines is 1. The van der Waals surface area contributed by atoms with Gasteiger partial charge in [-0.25, -0.2) is 8.42 Å². The average molecular weight is 559 g/mol. The third kappa shape index (κ3) is 6.87. The van der Waals surface area contributed by atoms with Crippen LogP contribution in [0.1, 0.15) is 12.5 Å². The van der Waals surface area contributed by atoms with Gasteiger partial charge in [0, 0.05) is 31.9 Å². The molecule has 0 atom stereocenters. The summed E-state index contributed by atoms with van der Waals surface area (Å²) >= 11 is 1.18. The third-order valence-electron chi connectivity index (χ3n) is 6.09. The van der Waals surface area contributed by atoms with Gasteiger partial charge in [0.2, 0.25) is 5.91 Å². The van der Waals surface area contributed by atoms with Crippen molar-refractivity contribution in [3.05, 3.63) is 58.9 Å². The van der Waals surface area contributed by atoms with Gasteiger partial charge < -0.3 is 19.1 Å². The Balaban J connectivity index is 1.43. The number of ether oxygens (including phenoxy) is 1. The molecule has 0 aliphatic carbocycles. The molecule has 202 valence electrons. The van der Waals surface area contributed by atoms with Crippen molar-refractivity contribution in [3.63, 3.8) is 0 Å². The average Bonchev–Trinajstić information content (AvgIpc) is 3.19. The molecule has 0 radical (unpaired) electrons. The smallest absolute Gasteiger partial charge is 0.326 e. The number of carbonyl (C=O) groups is 3. The molecule has 2 heterocycles. The number of hydrogen-bond donors (Lipinski definition) is 0. The minimum atomic E-state index is -4.04. The molecule has 1 aliphatic rings. The molecule has 2 amide bonds. The van der Waals surface area contributed by atoms with E-state index in [1.807, 2.05) is 55.5 Å². The van der Waals surface area contributed by atoms with Crippen molar-refractivity contribution in [2.75, 3.05) is 49.2 Å². The zero-order valence-corrected chi connectivity index (χ0v) is 23.0. The number of sulfone groups is 1. The van der Waals surface area contributed by atoms with Gasteiger partial charge in [0.15, 0.2) is 14.6 Å². The standard InChI is InChI=1S/C26H30N4O6S2/c1-3-36-25(33)16-30-21-10-9-19(2)15-22(21)37-26(30)27-23(31)17-38(34,35)18-24(32)29-13-11-28(12-14-29)20-7-5-4-6-8-20/h4-10,15H,3,11-14,16-18H2,1-2H3.